The largest absolute Gasteiger partial charge is 0.361 e. The van der Waals surface area contributed by atoms with Gasteiger partial charge in [-0.1, -0.05) is 18.7 Å². The number of nitrogen functional groups attached to an aromatic ring is 1. The lowest BCUT2D eigenvalue weighted by Gasteiger charge is -2.16. The first kappa shape index (κ1) is 19.4. The van der Waals surface area contributed by atoms with E-state index < -0.39 is 0 Å². The van der Waals surface area contributed by atoms with Crippen LogP contribution in [0, 0.1) is 12.7 Å². The van der Waals surface area contributed by atoms with E-state index in [0.29, 0.717) is 33.6 Å². The number of amides is 1. The van der Waals surface area contributed by atoms with Crippen LogP contribution in [0.5, 0.6) is 0 Å². The zero-order valence-electron chi connectivity index (χ0n) is 16.3. The topological polar surface area (TPSA) is 95.8 Å². The zero-order valence-corrected chi connectivity index (χ0v) is 16.3. The lowest BCUT2D eigenvalue weighted by molar-refractivity contribution is 0.102. The van der Waals surface area contributed by atoms with Crippen LogP contribution in [0.15, 0.2) is 61.3 Å². The van der Waals surface area contributed by atoms with Crippen molar-refractivity contribution in [3.05, 3.63) is 84.1 Å². The summed E-state index contributed by atoms with van der Waals surface area (Å²) < 4.78 is 14.2. The maximum atomic E-state index is 14.2. The Hall–Kier alpha value is -3.97. The maximum absolute atomic E-state index is 14.2. The smallest absolute Gasteiger partial charge is 0.274 e. The van der Waals surface area contributed by atoms with Gasteiger partial charge in [0, 0.05) is 28.4 Å². The van der Waals surface area contributed by atoms with E-state index in [4.69, 9.17) is 5.84 Å². The molecule has 0 aliphatic rings. The summed E-state index contributed by atoms with van der Waals surface area (Å²) in [5.41, 5.74) is 7.33. The van der Waals surface area contributed by atoms with Crippen molar-refractivity contribution in [1.29, 1.82) is 0 Å². The highest BCUT2D eigenvalue weighted by molar-refractivity contribution is 6.06. The number of hydrazine groups is 1. The molecule has 2 aromatic heterocycles. The molecule has 4 aromatic rings. The Morgan fingerprint density at radius 1 is 1.20 bits per heavy atom. The number of hydrogen-bond acceptors (Lipinski definition) is 4. The maximum Gasteiger partial charge on any atom is 0.274 e. The van der Waals surface area contributed by atoms with Crippen molar-refractivity contribution >= 4 is 34.3 Å². The molecule has 0 spiro atoms. The first-order chi connectivity index (χ1) is 14.5. The Labute approximate surface area is 172 Å². The number of carbonyl (C=O) groups is 1. The standard InChI is InChI=1S/C23H20FN5O/c1-3-16-21(28-23(30)19-6-4-5-13(2)27-19)9-14(10-22(16)29-25)18-11-15(24)12-20-17(18)7-8-26-20/h3-12,26,29H,1,25H2,2H3,(H,28,30). The minimum Gasteiger partial charge on any atom is -0.361 e. The molecule has 0 atom stereocenters. The molecule has 7 heteroatoms. The van der Waals surface area contributed by atoms with Crippen LogP contribution in [-0.2, 0) is 0 Å². The summed E-state index contributed by atoms with van der Waals surface area (Å²) in [5, 5.41) is 3.73. The van der Waals surface area contributed by atoms with Crippen LogP contribution in [0.4, 0.5) is 15.8 Å². The highest BCUT2D eigenvalue weighted by Crippen LogP contribution is 2.36. The number of nitrogens with two attached hydrogens (primary N) is 1. The van der Waals surface area contributed by atoms with Gasteiger partial charge in [-0.2, -0.15) is 0 Å². The van der Waals surface area contributed by atoms with Crippen molar-refractivity contribution in [3.63, 3.8) is 0 Å². The minimum absolute atomic E-state index is 0.288. The third-order valence-corrected chi connectivity index (χ3v) is 4.85. The number of fused-ring (bicyclic) bond motifs is 1. The number of aromatic amines is 1. The first-order valence-electron chi connectivity index (χ1n) is 9.29. The number of benzene rings is 2. The fourth-order valence-electron chi connectivity index (χ4n) is 3.48. The first-order valence-corrected chi connectivity index (χ1v) is 9.29. The number of hydrogen-bond donors (Lipinski definition) is 4. The second-order valence-corrected chi connectivity index (χ2v) is 6.84. The van der Waals surface area contributed by atoms with E-state index in [1.807, 2.05) is 19.1 Å². The highest BCUT2D eigenvalue weighted by Gasteiger charge is 2.16. The Bertz CT molecular complexity index is 1280. The van der Waals surface area contributed by atoms with E-state index in [-0.39, 0.29) is 17.4 Å². The molecule has 0 saturated heterocycles. The van der Waals surface area contributed by atoms with Crippen LogP contribution in [0.1, 0.15) is 21.7 Å². The van der Waals surface area contributed by atoms with E-state index in [1.54, 1.807) is 36.5 Å². The molecule has 0 saturated carbocycles. The van der Waals surface area contributed by atoms with Crippen molar-refractivity contribution in [2.75, 3.05) is 10.7 Å². The molecule has 0 unspecified atom stereocenters. The molecule has 6 nitrogen and oxygen atoms in total. The summed E-state index contributed by atoms with van der Waals surface area (Å²) >= 11 is 0. The van der Waals surface area contributed by atoms with Gasteiger partial charge in [-0.15, -0.1) is 0 Å². The molecule has 1 amide bonds. The molecule has 2 aromatic carbocycles. The van der Waals surface area contributed by atoms with E-state index in [1.165, 1.54) is 12.1 Å². The van der Waals surface area contributed by atoms with Crippen molar-refractivity contribution in [2.45, 2.75) is 6.92 Å². The van der Waals surface area contributed by atoms with Gasteiger partial charge in [0.2, 0.25) is 0 Å². The van der Waals surface area contributed by atoms with Crippen LogP contribution in [-0.4, -0.2) is 15.9 Å². The van der Waals surface area contributed by atoms with Crippen LogP contribution >= 0.6 is 0 Å². The average molecular weight is 401 g/mol. The van der Waals surface area contributed by atoms with Gasteiger partial charge in [-0.05, 0) is 60.5 Å². The second kappa shape index (κ2) is 7.81. The van der Waals surface area contributed by atoms with Gasteiger partial charge in [0.15, 0.2) is 0 Å². The van der Waals surface area contributed by atoms with Crippen molar-refractivity contribution in [2.24, 2.45) is 5.84 Å². The number of aromatic nitrogens is 2. The number of nitrogens with zero attached hydrogens (tertiary/aromatic N) is 1. The molecular formula is C23H20FN5O. The fraction of sp³-hybridized carbons (Fsp3) is 0.0435. The lowest BCUT2D eigenvalue weighted by Crippen LogP contribution is -2.16. The molecule has 2 heterocycles. The van der Waals surface area contributed by atoms with Crippen molar-refractivity contribution in [1.82, 2.24) is 9.97 Å². The molecule has 150 valence electrons. The minimum atomic E-state index is -0.371. The Morgan fingerprint density at radius 3 is 2.73 bits per heavy atom. The molecule has 5 N–H and O–H groups in total. The van der Waals surface area contributed by atoms with Crippen LogP contribution in [0.2, 0.25) is 0 Å². The highest BCUT2D eigenvalue weighted by atomic mass is 19.1. The van der Waals surface area contributed by atoms with E-state index in [0.717, 1.165) is 11.1 Å². The Morgan fingerprint density at radius 2 is 2.00 bits per heavy atom. The quantitative estimate of drug-likeness (QED) is 0.284. The van der Waals surface area contributed by atoms with Gasteiger partial charge < -0.3 is 15.7 Å². The second-order valence-electron chi connectivity index (χ2n) is 6.84. The van der Waals surface area contributed by atoms with Gasteiger partial charge >= 0.3 is 0 Å². The predicted octanol–water partition coefficient (Wildman–Crippen LogP) is 4.86. The number of H-pyrrole nitrogens is 1. The normalized spacial score (nSPS) is 10.8. The van der Waals surface area contributed by atoms with Crippen molar-refractivity contribution in [3.8, 4) is 11.1 Å². The van der Waals surface area contributed by atoms with Gasteiger partial charge in [0.1, 0.15) is 11.5 Å². The zero-order chi connectivity index (χ0) is 21.3. The number of anilines is 2. The van der Waals surface area contributed by atoms with E-state index in [2.05, 4.69) is 27.3 Å². The van der Waals surface area contributed by atoms with Gasteiger partial charge in [0.05, 0.1) is 11.4 Å². The van der Waals surface area contributed by atoms with E-state index >= 15 is 0 Å². The van der Waals surface area contributed by atoms with Crippen molar-refractivity contribution < 1.29 is 9.18 Å². The van der Waals surface area contributed by atoms with Gasteiger partial charge in [-0.25, -0.2) is 9.37 Å². The number of rotatable bonds is 5. The summed E-state index contributed by atoms with van der Waals surface area (Å²) in [4.78, 5) is 20.1. The monoisotopic (exact) mass is 401 g/mol. The number of carbonyl (C=O) groups excluding carboxylic acids is 1. The lowest BCUT2D eigenvalue weighted by atomic mass is 9.97. The van der Waals surface area contributed by atoms with Crippen LogP contribution in [0.25, 0.3) is 28.1 Å². The molecule has 4 rings (SSSR count). The van der Waals surface area contributed by atoms with Crippen LogP contribution < -0.4 is 16.6 Å². The molecule has 0 fully saturated rings. The molecule has 0 aliphatic carbocycles. The van der Waals surface area contributed by atoms with E-state index in [9.17, 15) is 9.18 Å². The molecule has 0 aliphatic heterocycles. The number of pyridine rings is 1. The Balaban J connectivity index is 1.85. The molecule has 30 heavy (non-hydrogen) atoms. The summed E-state index contributed by atoms with van der Waals surface area (Å²) in [6, 6.07) is 13.5. The summed E-state index contributed by atoms with van der Waals surface area (Å²) in [6.45, 7) is 5.64. The van der Waals surface area contributed by atoms with Crippen LogP contribution in [0.3, 0.4) is 0 Å². The third kappa shape index (κ3) is 3.54. The van der Waals surface area contributed by atoms with Gasteiger partial charge in [-0.3, -0.25) is 10.6 Å². The molecule has 0 bridgehead atoms. The third-order valence-electron chi connectivity index (χ3n) is 4.85. The van der Waals surface area contributed by atoms with Gasteiger partial charge in [0.25, 0.3) is 5.91 Å². The molecular weight excluding hydrogens is 381 g/mol. The molecule has 0 radical (unpaired) electrons. The fourth-order valence-corrected chi connectivity index (χ4v) is 3.48. The number of halogens is 1. The summed E-state index contributed by atoms with van der Waals surface area (Å²) in [5.74, 6) is 4.98. The summed E-state index contributed by atoms with van der Waals surface area (Å²) in [6.07, 6.45) is 3.34. The Kier molecular flexibility index (Phi) is 5.04. The summed E-state index contributed by atoms with van der Waals surface area (Å²) in [7, 11) is 0. The SMILES string of the molecule is C=Cc1c(NN)cc(-c2cc(F)cc3[nH]ccc23)cc1NC(=O)c1cccc(C)n1. The average Bonchev–Trinajstić information content (AvgIpc) is 3.20. The number of aryl methyl sites for hydroxylation is 1. The number of nitrogens with one attached hydrogen (secondary N) is 3. The predicted molar refractivity (Wildman–Crippen MR) is 119 cm³/mol.